The van der Waals surface area contributed by atoms with Gasteiger partial charge >= 0.3 is 5.97 Å². The van der Waals surface area contributed by atoms with Crippen LogP contribution in [-0.2, 0) is 0 Å². The van der Waals surface area contributed by atoms with Gasteiger partial charge in [0.1, 0.15) is 13.9 Å². The van der Waals surface area contributed by atoms with E-state index in [0.29, 0.717) is 5.56 Å². The van der Waals surface area contributed by atoms with Crippen molar-refractivity contribution in [2.75, 3.05) is 5.32 Å². The molecule has 0 saturated carbocycles. The molecule has 2 aromatic carbocycles. The van der Waals surface area contributed by atoms with Gasteiger partial charge in [-0.05, 0) is 24.3 Å². The molecule has 0 saturated heterocycles. The second-order valence-corrected chi connectivity index (χ2v) is 11.6. The van der Waals surface area contributed by atoms with Gasteiger partial charge in [-0.25, -0.2) is 18.0 Å². The van der Waals surface area contributed by atoms with Crippen LogP contribution in [0, 0.1) is 28.9 Å². The van der Waals surface area contributed by atoms with Gasteiger partial charge < -0.3 is 10.4 Å². The van der Waals surface area contributed by atoms with Crippen LogP contribution < -0.4 is 5.32 Å². The first-order valence-electron chi connectivity index (χ1n) is 8.01. The van der Waals surface area contributed by atoms with Crippen LogP contribution in [0.4, 0.5) is 24.5 Å². The minimum absolute atomic E-state index is 0.194. The number of carboxylic acid groups (broad SMARTS) is 1. The molecule has 0 radical (unpaired) electrons. The fourth-order valence-corrected chi connectivity index (χ4v) is 2.69. The number of nitrogens with one attached hydrogen (secondary N) is 1. The van der Waals surface area contributed by atoms with Crippen LogP contribution in [0.5, 0.6) is 0 Å². The van der Waals surface area contributed by atoms with Crippen molar-refractivity contribution in [3.63, 3.8) is 0 Å². The van der Waals surface area contributed by atoms with Gasteiger partial charge in [0.15, 0.2) is 11.6 Å². The fraction of sp³-hybridized carbons (Fsp3) is 0.150. The molecule has 0 unspecified atom stereocenters. The van der Waals surface area contributed by atoms with E-state index in [1.54, 1.807) is 0 Å². The highest BCUT2D eigenvalue weighted by molar-refractivity contribution is 6.83. The Morgan fingerprint density at radius 1 is 1.19 bits per heavy atom. The smallest absolute Gasteiger partial charge is 0.337 e. The molecule has 0 bridgehead atoms. The Kier molecular flexibility index (Phi) is 5.81. The van der Waals surface area contributed by atoms with E-state index < -0.39 is 42.7 Å². The number of aromatic carboxylic acids is 1. The van der Waals surface area contributed by atoms with Crippen LogP contribution >= 0.6 is 0 Å². The van der Waals surface area contributed by atoms with Crippen molar-refractivity contribution in [3.8, 4) is 11.5 Å². The molecule has 3 nitrogen and oxygen atoms in total. The van der Waals surface area contributed by atoms with E-state index in [2.05, 4.69) is 23.4 Å². The van der Waals surface area contributed by atoms with Crippen molar-refractivity contribution in [3.05, 3.63) is 65.0 Å². The SMILES string of the molecule is C=Cc1cc(C(=O)O)c(Nc2ccc(C#C[Si](C)(C)C)cc2F)c(F)c1F. The Balaban J connectivity index is 2.48. The number of anilines is 2. The van der Waals surface area contributed by atoms with Gasteiger partial charge in [-0.3, -0.25) is 0 Å². The highest BCUT2D eigenvalue weighted by Gasteiger charge is 2.22. The summed E-state index contributed by atoms with van der Waals surface area (Å²) in [6.07, 6.45) is 1.00. The summed E-state index contributed by atoms with van der Waals surface area (Å²) in [5.41, 5.74) is 1.84. The van der Waals surface area contributed by atoms with E-state index in [1.165, 1.54) is 12.1 Å². The molecular weight excluding hydrogens is 371 g/mol. The maximum absolute atomic E-state index is 14.4. The first-order chi connectivity index (χ1) is 12.5. The van der Waals surface area contributed by atoms with E-state index >= 15 is 0 Å². The number of carboxylic acids is 1. The summed E-state index contributed by atoms with van der Waals surface area (Å²) >= 11 is 0. The predicted molar refractivity (Wildman–Crippen MR) is 103 cm³/mol. The molecule has 0 amide bonds. The monoisotopic (exact) mass is 389 g/mol. The molecule has 0 fully saturated rings. The molecule has 0 aliphatic heterocycles. The van der Waals surface area contributed by atoms with Crippen LogP contribution in [0.1, 0.15) is 21.5 Å². The van der Waals surface area contributed by atoms with Crippen molar-refractivity contribution < 1.29 is 23.1 Å². The number of halogens is 3. The zero-order valence-electron chi connectivity index (χ0n) is 15.1. The predicted octanol–water partition coefficient (Wildman–Crippen LogP) is 5.42. The third-order valence-corrected chi connectivity index (χ3v) is 4.37. The van der Waals surface area contributed by atoms with E-state index in [0.717, 1.165) is 18.2 Å². The van der Waals surface area contributed by atoms with Crippen molar-refractivity contribution in [1.82, 2.24) is 0 Å². The van der Waals surface area contributed by atoms with Crippen LogP contribution in [0.15, 0.2) is 30.8 Å². The summed E-state index contributed by atoms with van der Waals surface area (Å²) in [6.45, 7) is 9.45. The number of rotatable bonds is 4. The Morgan fingerprint density at radius 3 is 2.37 bits per heavy atom. The van der Waals surface area contributed by atoms with Crippen molar-refractivity contribution >= 4 is 31.5 Å². The lowest BCUT2D eigenvalue weighted by Gasteiger charge is -2.14. The van der Waals surface area contributed by atoms with Gasteiger partial charge in [0.2, 0.25) is 0 Å². The van der Waals surface area contributed by atoms with E-state index in [4.69, 9.17) is 0 Å². The summed E-state index contributed by atoms with van der Waals surface area (Å²) < 4.78 is 42.7. The molecule has 27 heavy (non-hydrogen) atoms. The quantitative estimate of drug-likeness (QED) is 0.542. The molecular formula is C20H18F3NO2Si. The lowest BCUT2D eigenvalue weighted by atomic mass is 10.1. The van der Waals surface area contributed by atoms with Gasteiger partial charge in [-0.1, -0.05) is 38.2 Å². The minimum Gasteiger partial charge on any atom is -0.478 e. The molecule has 0 aromatic heterocycles. The fourth-order valence-electron chi connectivity index (χ4n) is 2.17. The zero-order chi connectivity index (χ0) is 20.4. The Hall–Kier alpha value is -2.98. The van der Waals surface area contributed by atoms with Gasteiger partial charge in [0, 0.05) is 11.1 Å². The number of carbonyl (C=O) groups is 1. The Morgan fingerprint density at radius 2 is 1.85 bits per heavy atom. The second-order valence-electron chi connectivity index (χ2n) is 6.85. The molecule has 140 valence electrons. The maximum atomic E-state index is 14.4. The van der Waals surface area contributed by atoms with Crippen molar-refractivity contribution in [1.29, 1.82) is 0 Å². The van der Waals surface area contributed by atoms with Crippen LogP contribution in [0.2, 0.25) is 19.6 Å². The normalized spacial score (nSPS) is 10.7. The molecule has 7 heteroatoms. The van der Waals surface area contributed by atoms with E-state index in [9.17, 15) is 23.1 Å². The number of hydrogen-bond donors (Lipinski definition) is 2. The molecule has 0 aliphatic rings. The molecule has 2 N–H and O–H groups in total. The van der Waals surface area contributed by atoms with Gasteiger partial charge in [-0.15, -0.1) is 5.54 Å². The van der Waals surface area contributed by atoms with E-state index in [1.807, 2.05) is 19.6 Å². The highest BCUT2D eigenvalue weighted by Crippen LogP contribution is 2.30. The second kappa shape index (κ2) is 7.72. The van der Waals surface area contributed by atoms with Crippen LogP contribution in [0.25, 0.3) is 6.08 Å². The Bertz CT molecular complexity index is 985. The summed E-state index contributed by atoms with van der Waals surface area (Å²) in [7, 11) is -1.64. The summed E-state index contributed by atoms with van der Waals surface area (Å²) in [5, 5.41) is 11.6. The molecule has 0 aliphatic carbocycles. The standard InChI is InChI=1S/C20H18F3NO2Si/c1-5-13-11-14(20(25)26)19(18(23)17(13)22)24-16-7-6-12(10-15(16)21)8-9-27(2,3)4/h5-7,10-11,24H,1H2,2-4H3,(H,25,26). The van der Waals surface area contributed by atoms with E-state index in [-0.39, 0.29) is 11.3 Å². The summed E-state index contributed by atoms with van der Waals surface area (Å²) in [4.78, 5) is 11.4. The van der Waals surface area contributed by atoms with Crippen molar-refractivity contribution in [2.24, 2.45) is 0 Å². The number of hydrogen-bond acceptors (Lipinski definition) is 2. The van der Waals surface area contributed by atoms with Gasteiger partial charge in [0.25, 0.3) is 0 Å². The molecule has 0 spiro atoms. The largest absolute Gasteiger partial charge is 0.478 e. The topological polar surface area (TPSA) is 49.3 Å². The van der Waals surface area contributed by atoms with Gasteiger partial charge in [-0.2, -0.15) is 0 Å². The Labute approximate surface area is 156 Å². The molecule has 2 rings (SSSR count). The van der Waals surface area contributed by atoms with Crippen LogP contribution in [0.3, 0.4) is 0 Å². The zero-order valence-corrected chi connectivity index (χ0v) is 16.1. The first-order valence-corrected chi connectivity index (χ1v) is 11.5. The van der Waals surface area contributed by atoms with Crippen molar-refractivity contribution in [2.45, 2.75) is 19.6 Å². The molecule has 0 heterocycles. The third-order valence-electron chi connectivity index (χ3n) is 3.50. The van der Waals surface area contributed by atoms with Crippen LogP contribution in [-0.4, -0.2) is 19.1 Å². The first kappa shape index (κ1) is 20.3. The lowest BCUT2D eigenvalue weighted by molar-refractivity contribution is 0.0697. The number of benzene rings is 2. The summed E-state index contributed by atoms with van der Waals surface area (Å²) in [5.74, 6) is -2.06. The third kappa shape index (κ3) is 4.80. The molecule has 2 aromatic rings. The minimum atomic E-state index is -1.64. The maximum Gasteiger partial charge on any atom is 0.337 e. The lowest BCUT2D eigenvalue weighted by Crippen LogP contribution is -2.16. The highest BCUT2D eigenvalue weighted by atomic mass is 28.3. The average Bonchev–Trinajstić information content (AvgIpc) is 2.58. The summed E-state index contributed by atoms with van der Waals surface area (Å²) in [6, 6.07) is 4.91. The average molecular weight is 389 g/mol. The van der Waals surface area contributed by atoms with Gasteiger partial charge in [0.05, 0.1) is 16.9 Å². The molecule has 0 atom stereocenters.